The van der Waals surface area contributed by atoms with Crippen LogP contribution in [0.15, 0.2) is 29.2 Å². The molecule has 0 aliphatic heterocycles. The third-order valence-electron chi connectivity index (χ3n) is 2.26. The molecule has 0 amide bonds. The van der Waals surface area contributed by atoms with Crippen LogP contribution in [0.5, 0.6) is 5.75 Å². The van der Waals surface area contributed by atoms with E-state index in [9.17, 15) is 8.42 Å². The van der Waals surface area contributed by atoms with Crippen molar-refractivity contribution in [1.82, 2.24) is 4.72 Å². The minimum absolute atomic E-state index is 0.239. The zero-order valence-electron chi connectivity index (χ0n) is 10.7. The lowest BCUT2D eigenvalue weighted by molar-refractivity contribution is 0.196. The Balaban J connectivity index is 2.61. The first-order valence-electron chi connectivity index (χ1n) is 5.81. The lowest BCUT2D eigenvalue weighted by Gasteiger charge is -2.07. The van der Waals surface area contributed by atoms with Gasteiger partial charge in [-0.1, -0.05) is 0 Å². The minimum atomic E-state index is -3.43. The maximum atomic E-state index is 11.9. The molecule has 0 spiro atoms. The van der Waals surface area contributed by atoms with Crippen molar-refractivity contribution < 1.29 is 17.9 Å². The van der Waals surface area contributed by atoms with Gasteiger partial charge in [-0.15, -0.1) is 0 Å². The van der Waals surface area contributed by atoms with Gasteiger partial charge in [0.1, 0.15) is 5.75 Å². The van der Waals surface area contributed by atoms with Crippen LogP contribution in [-0.2, 0) is 14.8 Å². The molecule has 0 fully saturated rings. The number of hydrogen-bond donors (Lipinski definition) is 1. The van der Waals surface area contributed by atoms with Crippen LogP contribution in [0.1, 0.15) is 13.3 Å². The van der Waals surface area contributed by atoms with Gasteiger partial charge < -0.3 is 9.47 Å². The molecule has 1 rings (SSSR count). The average Bonchev–Trinajstić information content (AvgIpc) is 2.36. The predicted molar refractivity (Wildman–Crippen MR) is 69.3 cm³/mol. The highest BCUT2D eigenvalue weighted by molar-refractivity contribution is 7.89. The van der Waals surface area contributed by atoms with E-state index in [1.54, 1.807) is 19.2 Å². The zero-order valence-corrected chi connectivity index (χ0v) is 11.5. The molecule has 0 bridgehead atoms. The summed E-state index contributed by atoms with van der Waals surface area (Å²) in [6, 6.07) is 6.35. The summed E-state index contributed by atoms with van der Waals surface area (Å²) >= 11 is 0. The number of hydrogen-bond acceptors (Lipinski definition) is 4. The first-order valence-corrected chi connectivity index (χ1v) is 7.30. The first kappa shape index (κ1) is 14.9. The zero-order chi connectivity index (χ0) is 13.4. The Hall–Kier alpha value is -1.11. The Bertz CT molecular complexity index is 442. The standard InChI is InChI=1S/C12H19NO4S/c1-3-17-11-5-7-12(8-6-11)18(14,15)13-9-4-10-16-2/h5-8,13H,3-4,9-10H2,1-2H3. The highest BCUT2D eigenvalue weighted by Gasteiger charge is 2.12. The second-order valence-corrected chi connectivity index (χ2v) is 5.42. The van der Waals surface area contributed by atoms with Gasteiger partial charge in [-0.3, -0.25) is 0 Å². The van der Waals surface area contributed by atoms with Gasteiger partial charge in [0.25, 0.3) is 0 Å². The molecule has 0 saturated heterocycles. The summed E-state index contributed by atoms with van der Waals surface area (Å²) < 4.78 is 36.4. The van der Waals surface area contributed by atoms with Crippen LogP contribution in [-0.4, -0.2) is 35.3 Å². The fourth-order valence-electron chi connectivity index (χ4n) is 1.39. The molecular formula is C12H19NO4S. The molecule has 0 heterocycles. The van der Waals surface area contributed by atoms with E-state index in [1.807, 2.05) is 6.92 Å². The monoisotopic (exact) mass is 273 g/mol. The fourth-order valence-corrected chi connectivity index (χ4v) is 2.46. The molecule has 18 heavy (non-hydrogen) atoms. The van der Waals surface area contributed by atoms with Gasteiger partial charge in [-0.2, -0.15) is 0 Å². The maximum Gasteiger partial charge on any atom is 0.240 e. The summed E-state index contributed by atoms with van der Waals surface area (Å²) in [5.74, 6) is 0.663. The number of methoxy groups -OCH3 is 1. The number of rotatable bonds is 8. The molecule has 102 valence electrons. The fraction of sp³-hybridized carbons (Fsp3) is 0.500. The van der Waals surface area contributed by atoms with E-state index in [2.05, 4.69) is 4.72 Å². The Morgan fingerprint density at radius 2 is 1.89 bits per heavy atom. The Morgan fingerprint density at radius 3 is 2.44 bits per heavy atom. The van der Waals surface area contributed by atoms with Gasteiger partial charge in [-0.25, -0.2) is 13.1 Å². The minimum Gasteiger partial charge on any atom is -0.494 e. The van der Waals surface area contributed by atoms with Crippen LogP contribution in [0.25, 0.3) is 0 Å². The number of ether oxygens (including phenoxy) is 2. The smallest absolute Gasteiger partial charge is 0.240 e. The van der Waals surface area contributed by atoms with Crippen LogP contribution >= 0.6 is 0 Å². The normalized spacial score (nSPS) is 11.4. The van der Waals surface area contributed by atoms with Crippen LogP contribution in [0.2, 0.25) is 0 Å². The van der Waals surface area contributed by atoms with E-state index in [4.69, 9.17) is 9.47 Å². The maximum absolute atomic E-state index is 11.9. The van der Waals surface area contributed by atoms with Crippen LogP contribution in [0.4, 0.5) is 0 Å². The van der Waals surface area contributed by atoms with E-state index in [0.717, 1.165) is 0 Å². The summed E-state index contributed by atoms with van der Waals surface area (Å²) in [4.78, 5) is 0.239. The molecule has 0 aromatic heterocycles. The summed E-state index contributed by atoms with van der Waals surface area (Å²) in [6.45, 7) is 3.33. The van der Waals surface area contributed by atoms with Crippen molar-refractivity contribution in [3.05, 3.63) is 24.3 Å². The van der Waals surface area contributed by atoms with Crippen molar-refractivity contribution in [2.75, 3.05) is 26.9 Å². The highest BCUT2D eigenvalue weighted by atomic mass is 32.2. The summed E-state index contributed by atoms with van der Waals surface area (Å²) in [6.07, 6.45) is 0.646. The van der Waals surface area contributed by atoms with E-state index < -0.39 is 10.0 Å². The van der Waals surface area contributed by atoms with Gasteiger partial charge in [0.05, 0.1) is 11.5 Å². The quantitative estimate of drug-likeness (QED) is 0.727. The van der Waals surface area contributed by atoms with E-state index in [1.165, 1.54) is 12.1 Å². The molecule has 0 aliphatic carbocycles. The predicted octanol–water partition coefficient (Wildman–Crippen LogP) is 1.40. The molecule has 6 heteroatoms. The lowest BCUT2D eigenvalue weighted by Crippen LogP contribution is -2.25. The van der Waals surface area contributed by atoms with Crippen molar-refractivity contribution in [3.63, 3.8) is 0 Å². The van der Waals surface area contributed by atoms with E-state index in [0.29, 0.717) is 31.9 Å². The van der Waals surface area contributed by atoms with Gasteiger partial charge >= 0.3 is 0 Å². The Kier molecular flexibility index (Phi) is 6.11. The van der Waals surface area contributed by atoms with Gasteiger partial charge in [-0.05, 0) is 37.6 Å². The molecule has 1 N–H and O–H groups in total. The van der Waals surface area contributed by atoms with Crippen LogP contribution in [0.3, 0.4) is 0 Å². The largest absolute Gasteiger partial charge is 0.494 e. The number of sulfonamides is 1. The molecule has 0 saturated carbocycles. The van der Waals surface area contributed by atoms with Gasteiger partial charge in [0.15, 0.2) is 0 Å². The lowest BCUT2D eigenvalue weighted by atomic mass is 10.3. The van der Waals surface area contributed by atoms with Gasteiger partial charge in [0, 0.05) is 20.3 Å². The molecular weight excluding hydrogens is 254 g/mol. The second-order valence-electron chi connectivity index (χ2n) is 3.65. The average molecular weight is 273 g/mol. The van der Waals surface area contributed by atoms with E-state index in [-0.39, 0.29) is 4.90 Å². The SMILES string of the molecule is CCOc1ccc(S(=O)(=O)NCCCOC)cc1. The molecule has 1 aromatic rings. The van der Waals surface area contributed by atoms with Crippen molar-refractivity contribution >= 4 is 10.0 Å². The van der Waals surface area contributed by atoms with Gasteiger partial charge in [0.2, 0.25) is 10.0 Å². The molecule has 1 aromatic carbocycles. The first-order chi connectivity index (χ1) is 8.60. The van der Waals surface area contributed by atoms with Crippen molar-refractivity contribution in [2.24, 2.45) is 0 Å². The molecule has 0 radical (unpaired) electrons. The van der Waals surface area contributed by atoms with Crippen molar-refractivity contribution in [1.29, 1.82) is 0 Å². The van der Waals surface area contributed by atoms with Crippen molar-refractivity contribution in [2.45, 2.75) is 18.2 Å². The third kappa shape index (κ3) is 4.64. The summed E-state index contributed by atoms with van der Waals surface area (Å²) in [5, 5.41) is 0. The molecule has 5 nitrogen and oxygen atoms in total. The number of nitrogens with one attached hydrogen (secondary N) is 1. The third-order valence-corrected chi connectivity index (χ3v) is 3.74. The number of benzene rings is 1. The van der Waals surface area contributed by atoms with Crippen LogP contribution < -0.4 is 9.46 Å². The second kappa shape index (κ2) is 7.35. The van der Waals surface area contributed by atoms with Crippen molar-refractivity contribution in [3.8, 4) is 5.75 Å². The molecule has 0 unspecified atom stereocenters. The topological polar surface area (TPSA) is 64.6 Å². The Labute approximate surface area is 108 Å². The Morgan fingerprint density at radius 1 is 1.22 bits per heavy atom. The van der Waals surface area contributed by atoms with E-state index >= 15 is 0 Å². The van der Waals surface area contributed by atoms with Crippen LogP contribution in [0, 0.1) is 0 Å². The summed E-state index contributed by atoms with van der Waals surface area (Å²) in [5.41, 5.74) is 0. The molecule has 0 aliphatic rings. The summed E-state index contributed by atoms with van der Waals surface area (Å²) in [7, 11) is -1.85. The molecule has 0 atom stereocenters. The highest BCUT2D eigenvalue weighted by Crippen LogP contribution is 2.15.